The van der Waals surface area contributed by atoms with Crippen molar-refractivity contribution in [3.63, 3.8) is 0 Å². The van der Waals surface area contributed by atoms with E-state index in [1.54, 1.807) is 0 Å². The first-order valence-electron chi connectivity index (χ1n) is 9.90. The number of aromatic nitrogens is 6. The third kappa shape index (κ3) is 3.83. The van der Waals surface area contributed by atoms with Crippen LogP contribution >= 0.6 is 11.6 Å². The van der Waals surface area contributed by atoms with Crippen molar-refractivity contribution in [2.75, 3.05) is 5.32 Å². The number of aromatic amines is 1. The normalized spacial score (nSPS) is 12.0. The van der Waals surface area contributed by atoms with Gasteiger partial charge in [-0.15, -0.1) is 0 Å². The van der Waals surface area contributed by atoms with Gasteiger partial charge in [0.05, 0.1) is 23.3 Å². The zero-order valence-electron chi connectivity index (χ0n) is 17.9. The van der Waals surface area contributed by atoms with Gasteiger partial charge in [0.1, 0.15) is 21.9 Å². The average molecular weight is 508 g/mol. The number of nitrogens with one attached hydrogen (secondary N) is 2. The average Bonchev–Trinajstić information content (AvgIpc) is 3.40. The third-order valence-electron chi connectivity index (χ3n) is 5.27. The highest BCUT2D eigenvalue weighted by Crippen LogP contribution is 2.37. The van der Waals surface area contributed by atoms with Crippen molar-refractivity contribution in [1.82, 2.24) is 29.1 Å². The molecule has 0 atom stereocenters. The van der Waals surface area contributed by atoms with Crippen LogP contribution in [0.1, 0.15) is 5.56 Å². The molecule has 0 unspecified atom stereocenters. The molecular weight excluding hydrogens is 494 g/mol. The van der Waals surface area contributed by atoms with Gasteiger partial charge in [-0.1, -0.05) is 11.6 Å². The van der Waals surface area contributed by atoms with Crippen molar-refractivity contribution in [3.8, 4) is 11.5 Å². The number of H-pyrrole nitrogens is 1. The van der Waals surface area contributed by atoms with Crippen LogP contribution in [0.15, 0.2) is 41.7 Å². The maximum atomic E-state index is 14.8. The molecule has 2 N–H and O–H groups in total. The van der Waals surface area contributed by atoms with Crippen molar-refractivity contribution in [2.24, 2.45) is 14.1 Å². The fraction of sp³-hybridized carbons (Fsp3) is 0.143. The highest BCUT2D eigenvalue weighted by atomic mass is 35.5. The minimum Gasteiger partial charge on any atom is -0.449 e. The van der Waals surface area contributed by atoms with E-state index < -0.39 is 23.1 Å². The Bertz CT molecular complexity index is 1670. The molecule has 180 valence electrons. The Morgan fingerprint density at radius 1 is 1.17 bits per heavy atom. The number of anilines is 2. The second-order valence-corrected chi connectivity index (χ2v) is 7.94. The molecule has 5 aromatic heterocycles. The molecule has 5 rings (SSSR count). The molecule has 5 aromatic rings. The molecule has 9 nitrogen and oxygen atoms in total. The van der Waals surface area contributed by atoms with E-state index in [1.165, 1.54) is 43.3 Å². The second-order valence-electron chi connectivity index (χ2n) is 7.56. The summed E-state index contributed by atoms with van der Waals surface area (Å²) in [4.78, 5) is 27.6. The van der Waals surface area contributed by atoms with Crippen LogP contribution in [0.2, 0.25) is 5.02 Å². The van der Waals surface area contributed by atoms with Crippen LogP contribution in [0.4, 0.5) is 29.2 Å². The fourth-order valence-corrected chi connectivity index (χ4v) is 3.82. The molecule has 0 saturated carbocycles. The molecule has 35 heavy (non-hydrogen) atoms. The van der Waals surface area contributed by atoms with Gasteiger partial charge in [-0.05, 0) is 12.1 Å². The molecule has 0 bridgehead atoms. The number of fused-ring (bicyclic) bond motifs is 2. The summed E-state index contributed by atoms with van der Waals surface area (Å²) in [5.74, 6) is -0.836. The van der Waals surface area contributed by atoms with Crippen LogP contribution in [-0.2, 0) is 20.3 Å². The van der Waals surface area contributed by atoms with Gasteiger partial charge in [0.2, 0.25) is 5.95 Å². The molecule has 0 aromatic carbocycles. The number of rotatable bonds is 4. The maximum Gasteiger partial charge on any atom is 0.417 e. The molecule has 14 heteroatoms. The number of halogens is 5. The minimum absolute atomic E-state index is 0.000662. The van der Waals surface area contributed by atoms with E-state index in [2.05, 4.69) is 25.3 Å². The fourth-order valence-electron chi connectivity index (χ4n) is 3.52. The van der Waals surface area contributed by atoms with E-state index in [0.717, 1.165) is 4.57 Å². The number of ether oxygens (including phenoxy) is 1. The Labute approximate surface area is 198 Å². The lowest BCUT2D eigenvalue weighted by molar-refractivity contribution is -0.138. The first kappa shape index (κ1) is 22.7. The zero-order valence-corrected chi connectivity index (χ0v) is 18.7. The molecule has 5 heterocycles. The molecular formula is C21H14ClF4N7O2. The lowest BCUT2D eigenvalue weighted by atomic mass is 10.2. The molecule has 0 aliphatic carbocycles. The monoisotopic (exact) mass is 507 g/mol. The summed E-state index contributed by atoms with van der Waals surface area (Å²) >= 11 is 6.49. The van der Waals surface area contributed by atoms with Gasteiger partial charge in [-0.3, -0.25) is 4.79 Å². The lowest BCUT2D eigenvalue weighted by Crippen LogP contribution is -2.23. The standard InChI is InChI=1S/C21H14ClF4N7O2/c1-32-8-9(21(24,25)26)5-11(19(32)34)30-20-31-18-16(33(20)2)14(22)12(6-29-18)35-13-7-28-17-10(15(13)23)3-4-27-17/h3-8H,1-2H3,(H,27,28)(H,29,30,31). The Hall–Kier alpha value is -4.13. The summed E-state index contributed by atoms with van der Waals surface area (Å²) in [6, 6.07) is 2.20. The maximum absolute atomic E-state index is 14.8. The number of alkyl halides is 3. The van der Waals surface area contributed by atoms with Crippen LogP contribution in [0, 0.1) is 5.82 Å². The van der Waals surface area contributed by atoms with E-state index in [0.29, 0.717) is 17.9 Å². The highest BCUT2D eigenvalue weighted by Gasteiger charge is 2.32. The van der Waals surface area contributed by atoms with E-state index in [9.17, 15) is 22.4 Å². The smallest absolute Gasteiger partial charge is 0.417 e. The lowest BCUT2D eigenvalue weighted by Gasteiger charge is -2.12. The molecule has 0 spiro atoms. The Morgan fingerprint density at radius 2 is 1.91 bits per heavy atom. The van der Waals surface area contributed by atoms with Crippen LogP contribution < -0.4 is 15.6 Å². The van der Waals surface area contributed by atoms with Gasteiger partial charge in [0, 0.05) is 26.5 Å². The first-order chi connectivity index (χ1) is 16.5. The van der Waals surface area contributed by atoms with Gasteiger partial charge in [0.25, 0.3) is 5.56 Å². The largest absolute Gasteiger partial charge is 0.449 e. The summed E-state index contributed by atoms with van der Waals surface area (Å²) < 4.78 is 62.2. The third-order valence-corrected chi connectivity index (χ3v) is 5.64. The topological polar surface area (TPSA) is 103 Å². The minimum atomic E-state index is -4.65. The summed E-state index contributed by atoms with van der Waals surface area (Å²) in [6.07, 6.45) is -0.00495. The molecule has 0 fully saturated rings. The first-order valence-corrected chi connectivity index (χ1v) is 10.3. The van der Waals surface area contributed by atoms with E-state index in [1.807, 2.05) is 0 Å². The van der Waals surface area contributed by atoms with Gasteiger partial charge in [0.15, 0.2) is 23.0 Å². The number of aryl methyl sites for hydroxylation is 2. The number of nitrogens with zero attached hydrogens (tertiary/aromatic N) is 5. The van der Waals surface area contributed by atoms with Crippen LogP contribution in [0.3, 0.4) is 0 Å². The van der Waals surface area contributed by atoms with Crippen molar-refractivity contribution >= 4 is 45.4 Å². The molecule has 0 radical (unpaired) electrons. The van der Waals surface area contributed by atoms with Crippen LogP contribution in [0.25, 0.3) is 22.2 Å². The number of imidazole rings is 1. The summed E-state index contributed by atoms with van der Waals surface area (Å²) in [5.41, 5.74) is -1.35. The predicted octanol–water partition coefficient (Wildman–Crippen LogP) is 4.89. The van der Waals surface area contributed by atoms with Gasteiger partial charge < -0.3 is 24.2 Å². The molecule has 0 aliphatic rings. The summed E-state index contributed by atoms with van der Waals surface area (Å²) in [5, 5.41) is 2.85. The van der Waals surface area contributed by atoms with Crippen LogP contribution in [0.5, 0.6) is 11.5 Å². The summed E-state index contributed by atoms with van der Waals surface area (Å²) in [6.45, 7) is 0. The Kier molecular flexibility index (Phi) is 5.16. The van der Waals surface area contributed by atoms with Gasteiger partial charge >= 0.3 is 6.18 Å². The van der Waals surface area contributed by atoms with Gasteiger partial charge in [-0.2, -0.15) is 18.2 Å². The van der Waals surface area contributed by atoms with Crippen molar-refractivity contribution < 1.29 is 22.3 Å². The van der Waals surface area contributed by atoms with E-state index in [4.69, 9.17) is 16.3 Å². The quantitative estimate of drug-likeness (QED) is 0.336. The second kappa shape index (κ2) is 7.98. The molecule has 0 aliphatic heterocycles. The van der Waals surface area contributed by atoms with E-state index in [-0.39, 0.29) is 44.7 Å². The summed E-state index contributed by atoms with van der Waals surface area (Å²) in [7, 11) is 2.72. The van der Waals surface area contributed by atoms with Crippen molar-refractivity contribution in [2.45, 2.75) is 6.18 Å². The Morgan fingerprint density at radius 3 is 2.66 bits per heavy atom. The predicted molar refractivity (Wildman–Crippen MR) is 120 cm³/mol. The molecule has 0 saturated heterocycles. The van der Waals surface area contributed by atoms with Crippen molar-refractivity contribution in [1.29, 1.82) is 0 Å². The highest BCUT2D eigenvalue weighted by molar-refractivity contribution is 6.36. The molecule has 0 amide bonds. The van der Waals surface area contributed by atoms with Gasteiger partial charge in [-0.25, -0.2) is 14.4 Å². The number of hydrogen-bond acceptors (Lipinski definition) is 6. The SMILES string of the molecule is Cn1cc(C(F)(F)F)cc(Nc2nc3ncc(Oc4cnc5[nH]ccc5c4F)c(Cl)c3n2C)c1=O. The van der Waals surface area contributed by atoms with Crippen LogP contribution in [-0.4, -0.2) is 29.1 Å². The van der Waals surface area contributed by atoms with E-state index >= 15 is 0 Å². The zero-order chi connectivity index (χ0) is 25.1. The Balaban J connectivity index is 1.54. The number of pyridine rings is 3. The number of hydrogen-bond donors (Lipinski definition) is 2. The van der Waals surface area contributed by atoms with Crippen molar-refractivity contribution in [3.05, 3.63) is 63.7 Å².